The third-order valence-corrected chi connectivity index (χ3v) is 5.01. The largest absolute Gasteiger partial charge is 0.503 e. The molecule has 0 spiro atoms. The molecule has 3 aromatic rings. The normalized spacial score (nSPS) is 11.2. The van der Waals surface area contributed by atoms with E-state index in [-0.39, 0.29) is 18.0 Å². The van der Waals surface area contributed by atoms with E-state index in [0.717, 1.165) is 11.1 Å². The van der Waals surface area contributed by atoms with Crippen molar-refractivity contribution in [3.8, 4) is 11.5 Å². The first-order valence-electron chi connectivity index (χ1n) is 10.5. The fraction of sp³-hybridized carbons (Fsp3) is 0.143. The maximum Gasteiger partial charge on any atom is 0.341 e. The third-order valence-electron chi connectivity index (χ3n) is 5.01. The number of hydrogen-bond acceptors (Lipinski definition) is 6. The summed E-state index contributed by atoms with van der Waals surface area (Å²) in [5.74, 6) is 0.438. The molecule has 6 heteroatoms. The Labute approximate surface area is 199 Å². The van der Waals surface area contributed by atoms with Gasteiger partial charge in [-0.15, -0.1) is 0 Å². The average Bonchev–Trinajstić information content (AvgIpc) is 2.89. The number of carbonyl (C=O) groups excluding carboxylic acids is 2. The molecular formula is C28H26O6. The highest BCUT2D eigenvalue weighted by atomic mass is 16.5. The lowest BCUT2D eigenvalue weighted by atomic mass is 10.0. The second-order valence-corrected chi connectivity index (χ2v) is 7.17. The molecule has 0 saturated carbocycles. The van der Waals surface area contributed by atoms with E-state index in [9.17, 15) is 9.59 Å². The molecule has 0 aliphatic carbocycles. The van der Waals surface area contributed by atoms with Gasteiger partial charge in [0.25, 0.3) is 0 Å². The lowest BCUT2D eigenvalue weighted by Gasteiger charge is -2.14. The number of methoxy groups -OCH3 is 3. The summed E-state index contributed by atoms with van der Waals surface area (Å²) >= 11 is 0. The van der Waals surface area contributed by atoms with Gasteiger partial charge in [-0.3, -0.25) is 4.79 Å². The second kappa shape index (κ2) is 12.1. The van der Waals surface area contributed by atoms with Gasteiger partial charge >= 0.3 is 5.97 Å². The van der Waals surface area contributed by atoms with E-state index in [2.05, 4.69) is 0 Å². The molecule has 0 aromatic heterocycles. The zero-order valence-electron chi connectivity index (χ0n) is 19.3. The van der Waals surface area contributed by atoms with Crippen LogP contribution in [0.4, 0.5) is 0 Å². The van der Waals surface area contributed by atoms with Gasteiger partial charge in [-0.2, -0.15) is 0 Å². The Hall–Kier alpha value is -4.32. The predicted octanol–water partition coefficient (Wildman–Crippen LogP) is 5.33. The molecule has 0 aliphatic rings. The number of rotatable bonds is 10. The van der Waals surface area contributed by atoms with E-state index in [4.69, 9.17) is 18.9 Å². The van der Waals surface area contributed by atoms with Crippen molar-refractivity contribution in [3.05, 3.63) is 107 Å². The number of allylic oxidation sites excluding steroid dienone is 1. The van der Waals surface area contributed by atoms with Crippen LogP contribution in [0.1, 0.15) is 27.0 Å². The molecular weight excluding hydrogens is 432 g/mol. The van der Waals surface area contributed by atoms with Crippen LogP contribution in [0.3, 0.4) is 0 Å². The van der Waals surface area contributed by atoms with Crippen molar-refractivity contribution in [1.29, 1.82) is 0 Å². The van der Waals surface area contributed by atoms with E-state index >= 15 is 0 Å². The van der Waals surface area contributed by atoms with Crippen molar-refractivity contribution in [2.45, 2.75) is 6.61 Å². The first-order chi connectivity index (χ1) is 16.6. The van der Waals surface area contributed by atoms with Crippen molar-refractivity contribution < 1.29 is 28.5 Å². The monoisotopic (exact) mass is 458 g/mol. The molecule has 0 N–H and O–H groups in total. The summed E-state index contributed by atoms with van der Waals surface area (Å²) in [7, 11) is 4.37. The maximum absolute atomic E-state index is 12.9. The van der Waals surface area contributed by atoms with Crippen LogP contribution in [-0.2, 0) is 20.9 Å². The van der Waals surface area contributed by atoms with Crippen LogP contribution in [0.25, 0.3) is 11.6 Å². The summed E-state index contributed by atoms with van der Waals surface area (Å²) in [6.07, 6.45) is 4.57. The average molecular weight is 459 g/mol. The Morgan fingerprint density at radius 3 is 2.32 bits per heavy atom. The van der Waals surface area contributed by atoms with Gasteiger partial charge in [0.15, 0.2) is 5.78 Å². The van der Waals surface area contributed by atoms with Crippen LogP contribution < -0.4 is 9.47 Å². The zero-order chi connectivity index (χ0) is 24.3. The van der Waals surface area contributed by atoms with Crippen molar-refractivity contribution in [1.82, 2.24) is 0 Å². The molecule has 3 rings (SSSR count). The van der Waals surface area contributed by atoms with E-state index in [1.165, 1.54) is 26.6 Å². The van der Waals surface area contributed by atoms with Crippen molar-refractivity contribution in [2.75, 3.05) is 21.3 Å². The van der Waals surface area contributed by atoms with Gasteiger partial charge in [0, 0.05) is 0 Å². The molecule has 34 heavy (non-hydrogen) atoms. The highest BCUT2D eigenvalue weighted by Gasteiger charge is 2.17. The number of hydrogen-bond donors (Lipinski definition) is 0. The maximum atomic E-state index is 12.9. The van der Waals surface area contributed by atoms with Crippen LogP contribution in [-0.4, -0.2) is 33.1 Å². The van der Waals surface area contributed by atoms with Gasteiger partial charge in [0.2, 0.25) is 0 Å². The summed E-state index contributed by atoms with van der Waals surface area (Å²) in [5.41, 5.74) is 2.91. The summed E-state index contributed by atoms with van der Waals surface area (Å²) in [6, 6.07) is 21.7. The quantitative estimate of drug-likeness (QED) is 0.177. The van der Waals surface area contributed by atoms with E-state index in [1.807, 2.05) is 42.5 Å². The van der Waals surface area contributed by atoms with Crippen molar-refractivity contribution in [3.63, 3.8) is 0 Å². The van der Waals surface area contributed by atoms with Crippen LogP contribution in [0.5, 0.6) is 11.5 Å². The first-order valence-corrected chi connectivity index (χ1v) is 10.5. The van der Waals surface area contributed by atoms with Gasteiger partial charge in [-0.25, -0.2) is 4.79 Å². The molecule has 6 nitrogen and oxygen atoms in total. The van der Waals surface area contributed by atoms with Crippen LogP contribution in [0, 0.1) is 0 Å². The molecule has 0 aliphatic heterocycles. The van der Waals surface area contributed by atoms with Crippen LogP contribution in [0.15, 0.2) is 85.1 Å². The highest BCUT2D eigenvalue weighted by molar-refractivity contribution is 6.16. The fourth-order valence-electron chi connectivity index (χ4n) is 3.32. The minimum atomic E-state index is -0.521. The number of para-hydroxylation sites is 1. The van der Waals surface area contributed by atoms with Gasteiger partial charge in [0.1, 0.15) is 23.7 Å². The second-order valence-electron chi connectivity index (χ2n) is 7.17. The molecule has 0 atom stereocenters. The summed E-state index contributed by atoms with van der Waals surface area (Å²) in [4.78, 5) is 25.1. The Morgan fingerprint density at radius 2 is 1.59 bits per heavy atom. The van der Waals surface area contributed by atoms with Crippen molar-refractivity contribution in [2.24, 2.45) is 0 Å². The Morgan fingerprint density at radius 1 is 0.853 bits per heavy atom. The number of ether oxygens (including phenoxy) is 4. The molecule has 3 aromatic carbocycles. The predicted molar refractivity (Wildman–Crippen MR) is 131 cm³/mol. The smallest absolute Gasteiger partial charge is 0.341 e. The van der Waals surface area contributed by atoms with Gasteiger partial charge in [-0.1, -0.05) is 54.6 Å². The lowest BCUT2D eigenvalue weighted by Crippen LogP contribution is -2.09. The van der Waals surface area contributed by atoms with Gasteiger partial charge in [0.05, 0.1) is 33.2 Å². The van der Waals surface area contributed by atoms with Crippen molar-refractivity contribution >= 4 is 23.4 Å². The number of esters is 1. The topological polar surface area (TPSA) is 71.1 Å². The molecule has 0 heterocycles. The Balaban J connectivity index is 1.81. The number of carbonyl (C=O) groups is 2. The van der Waals surface area contributed by atoms with Crippen LogP contribution >= 0.6 is 0 Å². The molecule has 174 valence electrons. The van der Waals surface area contributed by atoms with E-state index in [0.29, 0.717) is 22.6 Å². The molecule has 0 radical (unpaired) electrons. The number of ketones is 1. The van der Waals surface area contributed by atoms with Gasteiger partial charge < -0.3 is 18.9 Å². The SMILES string of the molecule is CO/C=C(/C(=O)OC)c1ccccc1COc1ccccc1C(=O)/C=C/c1cccc(OC)c1. The molecule has 0 fully saturated rings. The van der Waals surface area contributed by atoms with E-state index < -0.39 is 5.97 Å². The first kappa shape index (κ1) is 24.3. The zero-order valence-corrected chi connectivity index (χ0v) is 19.3. The number of benzene rings is 3. The fourth-order valence-corrected chi connectivity index (χ4v) is 3.32. The van der Waals surface area contributed by atoms with Gasteiger partial charge in [-0.05, 0) is 47.0 Å². The molecule has 0 saturated heterocycles. The van der Waals surface area contributed by atoms with Crippen LogP contribution in [0.2, 0.25) is 0 Å². The summed E-state index contributed by atoms with van der Waals surface area (Å²) in [5, 5.41) is 0. The Bertz CT molecular complexity index is 1210. The van der Waals surface area contributed by atoms with E-state index in [1.54, 1.807) is 43.5 Å². The minimum absolute atomic E-state index is 0.137. The standard InChI is InChI=1S/C28H26O6/c1-31-19-25(28(30)33-3)23-12-5-4-10-21(23)18-34-27-14-7-6-13-24(27)26(29)16-15-20-9-8-11-22(17-20)32-2/h4-17,19H,18H2,1-3H3/b16-15+,25-19+. The lowest BCUT2D eigenvalue weighted by molar-refractivity contribution is -0.133. The summed E-state index contributed by atoms with van der Waals surface area (Å²) < 4.78 is 21.2. The minimum Gasteiger partial charge on any atom is -0.503 e. The summed E-state index contributed by atoms with van der Waals surface area (Å²) in [6.45, 7) is 0.137. The third kappa shape index (κ3) is 6.13. The Kier molecular flexibility index (Phi) is 8.63. The molecule has 0 bridgehead atoms. The highest BCUT2D eigenvalue weighted by Crippen LogP contribution is 2.25. The molecule has 0 amide bonds. The molecule has 0 unspecified atom stereocenters.